The number of amides is 1. The number of halogens is 1. The van der Waals surface area contributed by atoms with E-state index in [1.807, 2.05) is 19.9 Å². The van der Waals surface area contributed by atoms with Crippen molar-refractivity contribution in [1.82, 2.24) is 5.32 Å². The second kappa shape index (κ2) is 8.90. The monoisotopic (exact) mass is 312 g/mol. The molecule has 0 fully saturated rings. The van der Waals surface area contributed by atoms with E-state index >= 15 is 0 Å². The lowest BCUT2D eigenvalue weighted by Crippen LogP contribution is -2.36. The first kappa shape index (κ1) is 17.8. The third-order valence-corrected chi connectivity index (χ3v) is 3.44. The van der Waals surface area contributed by atoms with Gasteiger partial charge in [-0.3, -0.25) is 4.79 Å². The molecule has 0 aliphatic heterocycles. The Morgan fingerprint density at radius 3 is 2.76 bits per heavy atom. The van der Waals surface area contributed by atoms with Crippen LogP contribution in [0.1, 0.15) is 39.2 Å². The second-order valence-corrected chi connectivity index (χ2v) is 5.85. The van der Waals surface area contributed by atoms with Crippen LogP contribution >= 0.6 is 11.6 Å². The largest absolute Gasteiger partial charge is 0.483 e. The quantitative estimate of drug-likeness (QED) is 0.775. The van der Waals surface area contributed by atoms with E-state index in [1.165, 1.54) is 0 Å². The lowest BCUT2D eigenvalue weighted by Gasteiger charge is -2.16. The van der Waals surface area contributed by atoms with Gasteiger partial charge in [-0.05, 0) is 38.8 Å². The Hall–Kier alpha value is -1.26. The zero-order valence-electron chi connectivity index (χ0n) is 13.0. The van der Waals surface area contributed by atoms with Gasteiger partial charge in [0.05, 0.1) is 0 Å². The normalized spacial score (nSPS) is 13.6. The first-order valence-corrected chi connectivity index (χ1v) is 7.77. The zero-order valence-corrected chi connectivity index (χ0v) is 13.7. The summed E-state index contributed by atoms with van der Waals surface area (Å²) >= 11 is 6.18. The molecule has 0 aliphatic rings. The van der Waals surface area contributed by atoms with Gasteiger partial charge in [0, 0.05) is 22.7 Å². The van der Waals surface area contributed by atoms with Gasteiger partial charge in [0.2, 0.25) is 0 Å². The van der Waals surface area contributed by atoms with Crippen molar-refractivity contribution >= 4 is 17.5 Å². The number of hydrogen-bond donors (Lipinski definition) is 2. The Labute approximate surface area is 132 Å². The van der Waals surface area contributed by atoms with Crippen molar-refractivity contribution < 1.29 is 9.53 Å². The number of carbonyl (C=O) groups is 1. The molecule has 2 atom stereocenters. The molecule has 3 N–H and O–H groups in total. The van der Waals surface area contributed by atoms with Crippen LogP contribution in [0.15, 0.2) is 18.2 Å². The van der Waals surface area contributed by atoms with Gasteiger partial charge in [0.25, 0.3) is 5.91 Å². The van der Waals surface area contributed by atoms with Crippen molar-refractivity contribution in [3.05, 3.63) is 28.8 Å². The average Bonchev–Trinajstić information content (AvgIpc) is 2.39. The summed E-state index contributed by atoms with van der Waals surface area (Å²) < 4.78 is 5.61. The fourth-order valence-electron chi connectivity index (χ4n) is 2.16. The summed E-state index contributed by atoms with van der Waals surface area (Å²) in [6.45, 7) is 5.97. The third kappa shape index (κ3) is 6.36. The highest BCUT2D eigenvalue weighted by Crippen LogP contribution is 2.27. The molecule has 0 heterocycles. The number of carbonyl (C=O) groups excluding carboxylic acids is 1. The van der Waals surface area contributed by atoms with Crippen LogP contribution in [-0.4, -0.2) is 24.6 Å². The SMILES string of the molecule is CCCC(C)NC(=O)COc1cccc(Cl)c1CC(C)N. The molecule has 0 saturated carbocycles. The standard InChI is InChI=1S/C16H25ClN2O2/c1-4-6-12(3)19-16(20)10-21-15-8-5-7-14(17)13(15)9-11(2)18/h5,7-8,11-12H,4,6,9-10,18H2,1-3H3,(H,19,20). The smallest absolute Gasteiger partial charge is 0.258 e. The molecule has 118 valence electrons. The maximum absolute atomic E-state index is 11.8. The molecular formula is C16H25ClN2O2. The lowest BCUT2D eigenvalue weighted by molar-refractivity contribution is -0.123. The highest BCUT2D eigenvalue weighted by molar-refractivity contribution is 6.31. The predicted octanol–water partition coefficient (Wildman–Crippen LogP) is 2.91. The Morgan fingerprint density at radius 1 is 1.43 bits per heavy atom. The molecule has 1 aromatic rings. The van der Waals surface area contributed by atoms with Gasteiger partial charge in [0.1, 0.15) is 5.75 Å². The summed E-state index contributed by atoms with van der Waals surface area (Å²) in [5.74, 6) is 0.501. The number of nitrogens with one attached hydrogen (secondary N) is 1. The molecule has 0 radical (unpaired) electrons. The van der Waals surface area contributed by atoms with Gasteiger partial charge >= 0.3 is 0 Å². The number of rotatable bonds is 8. The van der Waals surface area contributed by atoms with E-state index in [1.54, 1.807) is 12.1 Å². The summed E-state index contributed by atoms with van der Waals surface area (Å²) in [6.07, 6.45) is 2.61. The van der Waals surface area contributed by atoms with Gasteiger partial charge in [-0.1, -0.05) is 31.0 Å². The third-order valence-electron chi connectivity index (χ3n) is 3.09. The Balaban J connectivity index is 2.62. The summed E-state index contributed by atoms with van der Waals surface area (Å²) in [4.78, 5) is 11.8. The molecule has 0 aromatic heterocycles. The van der Waals surface area contributed by atoms with Crippen molar-refractivity contribution in [2.75, 3.05) is 6.61 Å². The molecule has 4 nitrogen and oxygen atoms in total. The highest BCUT2D eigenvalue weighted by atomic mass is 35.5. The molecule has 21 heavy (non-hydrogen) atoms. The van der Waals surface area contributed by atoms with Gasteiger partial charge in [0.15, 0.2) is 6.61 Å². The molecule has 1 aromatic carbocycles. The molecular weight excluding hydrogens is 288 g/mol. The van der Waals surface area contributed by atoms with E-state index in [0.29, 0.717) is 17.2 Å². The highest BCUT2D eigenvalue weighted by Gasteiger charge is 2.12. The Kier molecular flexibility index (Phi) is 7.54. The molecule has 0 spiro atoms. The minimum Gasteiger partial charge on any atom is -0.483 e. The van der Waals surface area contributed by atoms with E-state index in [9.17, 15) is 4.79 Å². The van der Waals surface area contributed by atoms with Crippen molar-refractivity contribution in [3.8, 4) is 5.75 Å². The number of hydrogen-bond acceptors (Lipinski definition) is 3. The minimum atomic E-state index is -0.123. The van der Waals surface area contributed by atoms with Crippen LogP contribution < -0.4 is 15.8 Å². The van der Waals surface area contributed by atoms with Crippen LogP contribution in [0.3, 0.4) is 0 Å². The van der Waals surface area contributed by atoms with Gasteiger partial charge < -0.3 is 15.8 Å². The van der Waals surface area contributed by atoms with Crippen molar-refractivity contribution in [2.24, 2.45) is 5.73 Å². The molecule has 1 amide bonds. The molecule has 0 bridgehead atoms. The fraction of sp³-hybridized carbons (Fsp3) is 0.562. The van der Waals surface area contributed by atoms with E-state index < -0.39 is 0 Å². The van der Waals surface area contributed by atoms with E-state index in [0.717, 1.165) is 18.4 Å². The summed E-state index contributed by atoms with van der Waals surface area (Å²) in [5.41, 5.74) is 6.67. The Bertz CT molecular complexity index is 464. The molecule has 2 unspecified atom stereocenters. The first-order chi connectivity index (χ1) is 9.93. The number of benzene rings is 1. The maximum Gasteiger partial charge on any atom is 0.258 e. The Morgan fingerprint density at radius 2 is 2.14 bits per heavy atom. The van der Waals surface area contributed by atoms with Crippen LogP contribution in [0, 0.1) is 0 Å². The van der Waals surface area contributed by atoms with Crippen LogP contribution in [0.4, 0.5) is 0 Å². The lowest BCUT2D eigenvalue weighted by atomic mass is 10.1. The van der Waals surface area contributed by atoms with Crippen molar-refractivity contribution in [2.45, 2.75) is 52.1 Å². The molecule has 1 rings (SSSR count). The van der Waals surface area contributed by atoms with Gasteiger partial charge in [-0.2, -0.15) is 0 Å². The van der Waals surface area contributed by atoms with Crippen molar-refractivity contribution in [1.29, 1.82) is 0 Å². The average molecular weight is 313 g/mol. The fourth-order valence-corrected chi connectivity index (χ4v) is 2.40. The van der Waals surface area contributed by atoms with Crippen LogP contribution in [0.2, 0.25) is 5.02 Å². The topological polar surface area (TPSA) is 64.3 Å². The number of nitrogens with two attached hydrogens (primary N) is 1. The van der Waals surface area contributed by atoms with E-state index in [2.05, 4.69) is 12.2 Å². The second-order valence-electron chi connectivity index (χ2n) is 5.44. The van der Waals surface area contributed by atoms with Crippen molar-refractivity contribution in [3.63, 3.8) is 0 Å². The maximum atomic E-state index is 11.8. The van der Waals surface area contributed by atoms with Crippen LogP contribution in [-0.2, 0) is 11.2 Å². The first-order valence-electron chi connectivity index (χ1n) is 7.39. The number of ether oxygens (including phenoxy) is 1. The van der Waals surface area contributed by atoms with Gasteiger partial charge in [-0.25, -0.2) is 0 Å². The summed E-state index contributed by atoms with van der Waals surface area (Å²) in [7, 11) is 0. The summed E-state index contributed by atoms with van der Waals surface area (Å²) in [6, 6.07) is 5.56. The zero-order chi connectivity index (χ0) is 15.8. The molecule has 5 heteroatoms. The van der Waals surface area contributed by atoms with Crippen LogP contribution in [0.5, 0.6) is 5.75 Å². The molecule has 0 saturated heterocycles. The molecule has 0 aliphatic carbocycles. The van der Waals surface area contributed by atoms with Crippen LogP contribution in [0.25, 0.3) is 0 Å². The van der Waals surface area contributed by atoms with E-state index in [4.69, 9.17) is 22.1 Å². The van der Waals surface area contributed by atoms with Gasteiger partial charge in [-0.15, -0.1) is 0 Å². The van der Waals surface area contributed by atoms with E-state index in [-0.39, 0.29) is 24.6 Å². The predicted molar refractivity (Wildman–Crippen MR) is 86.8 cm³/mol. The minimum absolute atomic E-state index is 0.0135. The summed E-state index contributed by atoms with van der Waals surface area (Å²) in [5, 5.41) is 3.52.